The molecule has 0 N–H and O–H groups in total. The average Bonchev–Trinajstić information content (AvgIpc) is 2.78. The van der Waals surface area contributed by atoms with E-state index in [2.05, 4.69) is 41.5 Å². The quantitative estimate of drug-likeness (QED) is 0.722. The third kappa shape index (κ3) is 4.80. The molecule has 1 aliphatic rings. The molecule has 0 amide bonds. The highest BCUT2D eigenvalue weighted by Crippen LogP contribution is 2.17. The summed E-state index contributed by atoms with van der Waals surface area (Å²) in [6, 6.07) is 2.66. The van der Waals surface area contributed by atoms with Gasteiger partial charge in [-0.15, -0.1) is 0 Å². The van der Waals surface area contributed by atoms with Gasteiger partial charge in [-0.1, -0.05) is 0 Å². The first-order valence-corrected chi connectivity index (χ1v) is 7.95. The van der Waals surface area contributed by atoms with E-state index in [1.54, 1.807) is 7.11 Å². The maximum Gasteiger partial charge on any atom is 0.0704 e. The zero-order chi connectivity index (χ0) is 15.2. The molecule has 1 atom stereocenters. The van der Waals surface area contributed by atoms with Gasteiger partial charge in [-0.05, 0) is 39.7 Å². The summed E-state index contributed by atoms with van der Waals surface area (Å²) in [4.78, 5) is 2.55. The van der Waals surface area contributed by atoms with E-state index in [1.807, 2.05) is 0 Å². The van der Waals surface area contributed by atoms with Crippen LogP contribution in [0.2, 0.25) is 0 Å². The second-order valence-electron chi connectivity index (χ2n) is 6.06. The standard InChI is InChI=1S/C16H29N3O2/c1-13-11-14(2)19(17-13)12-15(3)18-7-5-16(6-8-18)21-10-9-20-4/h11,15-16H,5-10,12H2,1-4H3/t15-/m0/s1. The van der Waals surface area contributed by atoms with Crippen LogP contribution in [0.25, 0.3) is 0 Å². The summed E-state index contributed by atoms with van der Waals surface area (Å²) < 4.78 is 13.0. The largest absolute Gasteiger partial charge is 0.382 e. The molecule has 0 aromatic carbocycles. The first kappa shape index (κ1) is 16.5. The van der Waals surface area contributed by atoms with Crippen LogP contribution in [0.1, 0.15) is 31.2 Å². The molecule has 1 fully saturated rings. The third-order valence-corrected chi connectivity index (χ3v) is 4.28. The Morgan fingerprint density at radius 1 is 1.29 bits per heavy atom. The van der Waals surface area contributed by atoms with Gasteiger partial charge < -0.3 is 9.47 Å². The number of nitrogens with zero attached hydrogens (tertiary/aromatic N) is 3. The predicted molar refractivity (Wildman–Crippen MR) is 83.6 cm³/mol. The molecule has 0 spiro atoms. The summed E-state index contributed by atoms with van der Waals surface area (Å²) in [5.41, 5.74) is 2.35. The van der Waals surface area contributed by atoms with Crippen molar-refractivity contribution in [2.24, 2.45) is 0 Å². The molecule has 0 bridgehead atoms. The minimum absolute atomic E-state index is 0.400. The van der Waals surface area contributed by atoms with Gasteiger partial charge >= 0.3 is 0 Å². The van der Waals surface area contributed by atoms with Crippen LogP contribution >= 0.6 is 0 Å². The Morgan fingerprint density at radius 3 is 2.57 bits per heavy atom. The summed E-state index contributed by atoms with van der Waals surface area (Å²) in [6.07, 6.45) is 2.63. The minimum atomic E-state index is 0.400. The molecular weight excluding hydrogens is 266 g/mol. The molecule has 120 valence electrons. The Labute approximate surface area is 128 Å². The molecule has 1 aromatic rings. The Hall–Kier alpha value is -0.910. The summed E-state index contributed by atoms with van der Waals surface area (Å²) in [6.45, 7) is 11.1. The van der Waals surface area contributed by atoms with Crippen LogP contribution in [0.4, 0.5) is 0 Å². The maximum absolute atomic E-state index is 5.82. The number of likely N-dealkylation sites (tertiary alicyclic amines) is 1. The van der Waals surface area contributed by atoms with Crippen molar-refractivity contribution in [3.8, 4) is 0 Å². The third-order valence-electron chi connectivity index (χ3n) is 4.28. The normalized spacial score (nSPS) is 19.0. The smallest absolute Gasteiger partial charge is 0.0704 e. The lowest BCUT2D eigenvalue weighted by atomic mass is 10.1. The number of hydrogen-bond acceptors (Lipinski definition) is 4. The van der Waals surface area contributed by atoms with E-state index in [0.717, 1.165) is 38.2 Å². The van der Waals surface area contributed by atoms with E-state index in [9.17, 15) is 0 Å². The van der Waals surface area contributed by atoms with Gasteiger partial charge in [0.1, 0.15) is 0 Å². The predicted octanol–water partition coefficient (Wildman–Crippen LogP) is 2.02. The number of methoxy groups -OCH3 is 1. The van der Waals surface area contributed by atoms with Crippen molar-refractivity contribution in [2.45, 2.75) is 52.3 Å². The Bertz CT molecular complexity index is 425. The Balaban J connectivity index is 1.75. The Kier molecular flexibility index (Phi) is 6.21. The molecule has 0 radical (unpaired) electrons. The monoisotopic (exact) mass is 295 g/mol. The van der Waals surface area contributed by atoms with Gasteiger partial charge in [0, 0.05) is 31.9 Å². The molecule has 21 heavy (non-hydrogen) atoms. The topological polar surface area (TPSA) is 39.5 Å². The van der Waals surface area contributed by atoms with Crippen LogP contribution in [0.15, 0.2) is 6.07 Å². The lowest BCUT2D eigenvalue weighted by molar-refractivity contribution is -0.0213. The fourth-order valence-electron chi connectivity index (χ4n) is 3.01. The second kappa shape index (κ2) is 7.92. The number of hydrogen-bond donors (Lipinski definition) is 0. The SMILES string of the molecule is COCCOC1CCN([C@@H](C)Cn2nc(C)cc2C)CC1. The van der Waals surface area contributed by atoms with Crippen molar-refractivity contribution in [3.05, 3.63) is 17.5 Å². The summed E-state index contributed by atoms with van der Waals surface area (Å²) in [5, 5.41) is 4.56. The number of ether oxygens (including phenoxy) is 2. The molecule has 0 aliphatic carbocycles. The molecule has 5 nitrogen and oxygen atoms in total. The highest BCUT2D eigenvalue weighted by molar-refractivity contribution is 5.06. The van der Waals surface area contributed by atoms with Gasteiger partial charge in [-0.2, -0.15) is 5.10 Å². The van der Waals surface area contributed by atoms with Crippen LogP contribution in [0.5, 0.6) is 0 Å². The van der Waals surface area contributed by atoms with Crippen molar-refractivity contribution in [1.29, 1.82) is 0 Å². The van der Waals surface area contributed by atoms with Crippen molar-refractivity contribution < 1.29 is 9.47 Å². The first-order chi connectivity index (χ1) is 10.1. The van der Waals surface area contributed by atoms with Gasteiger partial charge in [0.15, 0.2) is 0 Å². The zero-order valence-electron chi connectivity index (χ0n) is 13.8. The van der Waals surface area contributed by atoms with E-state index in [1.165, 1.54) is 5.69 Å². The van der Waals surface area contributed by atoms with E-state index in [-0.39, 0.29) is 0 Å². The lowest BCUT2D eigenvalue weighted by Gasteiger charge is -2.36. The van der Waals surface area contributed by atoms with Gasteiger partial charge in [0.2, 0.25) is 0 Å². The highest BCUT2D eigenvalue weighted by atomic mass is 16.5. The van der Waals surface area contributed by atoms with Crippen LogP contribution in [-0.4, -0.2) is 60.2 Å². The van der Waals surface area contributed by atoms with E-state index in [0.29, 0.717) is 25.4 Å². The summed E-state index contributed by atoms with van der Waals surface area (Å²) in [7, 11) is 1.71. The van der Waals surface area contributed by atoms with E-state index in [4.69, 9.17) is 9.47 Å². The molecule has 2 rings (SSSR count). The van der Waals surface area contributed by atoms with Gasteiger partial charge in [0.25, 0.3) is 0 Å². The number of aryl methyl sites for hydroxylation is 2. The zero-order valence-corrected chi connectivity index (χ0v) is 13.8. The molecular formula is C16H29N3O2. The molecule has 0 saturated carbocycles. The van der Waals surface area contributed by atoms with Crippen LogP contribution < -0.4 is 0 Å². The molecule has 1 aromatic heterocycles. The van der Waals surface area contributed by atoms with Gasteiger partial charge in [-0.25, -0.2) is 0 Å². The van der Waals surface area contributed by atoms with Crippen molar-refractivity contribution in [1.82, 2.24) is 14.7 Å². The van der Waals surface area contributed by atoms with Crippen molar-refractivity contribution in [2.75, 3.05) is 33.4 Å². The number of aromatic nitrogens is 2. The number of rotatable bonds is 7. The summed E-state index contributed by atoms with van der Waals surface area (Å²) >= 11 is 0. The Morgan fingerprint density at radius 2 is 2.00 bits per heavy atom. The molecule has 1 saturated heterocycles. The van der Waals surface area contributed by atoms with Gasteiger partial charge in [0.05, 0.1) is 31.6 Å². The lowest BCUT2D eigenvalue weighted by Crippen LogP contribution is -2.44. The summed E-state index contributed by atoms with van der Waals surface area (Å²) in [5.74, 6) is 0. The van der Waals surface area contributed by atoms with E-state index >= 15 is 0 Å². The van der Waals surface area contributed by atoms with Crippen LogP contribution in [0, 0.1) is 13.8 Å². The van der Waals surface area contributed by atoms with Crippen molar-refractivity contribution in [3.63, 3.8) is 0 Å². The molecule has 5 heteroatoms. The van der Waals surface area contributed by atoms with Crippen LogP contribution in [0.3, 0.4) is 0 Å². The molecule has 0 unspecified atom stereocenters. The van der Waals surface area contributed by atoms with E-state index < -0.39 is 0 Å². The highest BCUT2D eigenvalue weighted by Gasteiger charge is 2.23. The minimum Gasteiger partial charge on any atom is -0.382 e. The molecule has 1 aliphatic heterocycles. The maximum atomic E-state index is 5.82. The first-order valence-electron chi connectivity index (χ1n) is 7.95. The van der Waals surface area contributed by atoms with Crippen molar-refractivity contribution >= 4 is 0 Å². The fraction of sp³-hybridized carbons (Fsp3) is 0.812. The second-order valence-corrected chi connectivity index (χ2v) is 6.06. The number of piperidine rings is 1. The average molecular weight is 295 g/mol. The van der Waals surface area contributed by atoms with Gasteiger partial charge in [-0.3, -0.25) is 9.58 Å². The van der Waals surface area contributed by atoms with Crippen LogP contribution in [-0.2, 0) is 16.0 Å². The fourth-order valence-corrected chi connectivity index (χ4v) is 3.01. The molecule has 2 heterocycles.